The van der Waals surface area contributed by atoms with Gasteiger partial charge >= 0.3 is 0 Å². The van der Waals surface area contributed by atoms with Gasteiger partial charge in [-0.2, -0.15) is 0 Å². The number of halogens is 1. The van der Waals surface area contributed by atoms with Crippen molar-refractivity contribution in [3.8, 4) is 0 Å². The van der Waals surface area contributed by atoms with Gasteiger partial charge in [-0.3, -0.25) is 0 Å². The van der Waals surface area contributed by atoms with Crippen LogP contribution < -0.4 is 0 Å². The summed E-state index contributed by atoms with van der Waals surface area (Å²) in [5.41, 5.74) is -0.0463. The predicted octanol–water partition coefficient (Wildman–Crippen LogP) is 1.52. The minimum absolute atomic E-state index is 0.125. The van der Waals surface area contributed by atoms with E-state index in [0.717, 1.165) is 5.39 Å². The summed E-state index contributed by atoms with van der Waals surface area (Å²) >= 11 is 6.14. The highest BCUT2D eigenvalue weighted by Gasteiger charge is 2.61. The first-order valence-electron chi connectivity index (χ1n) is 7.95. The Morgan fingerprint density at radius 3 is 2.75 bits per heavy atom. The molecule has 2 aromatic heterocycles. The normalized spacial score (nSPS) is 30.8. The van der Waals surface area contributed by atoms with Crippen LogP contribution in [0.4, 0.5) is 0 Å². The second kappa shape index (κ2) is 5.37. The Hall–Kier alpha value is -1.25. The fourth-order valence-corrected chi connectivity index (χ4v) is 4.21. The summed E-state index contributed by atoms with van der Waals surface area (Å²) in [6.07, 6.45) is 3.17. The van der Waals surface area contributed by atoms with Crippen LogP contribution >= 0.6 is 11.6 Å². The Labute approximate surface area is 144 Å². The van der Waals surface area contributed by atoms with E-state index < -0.39 is 11.2 Å². The minimum atomic E-state index is -0.765. The van der Waals surface area contributed by atoms with E-state index in [0.29, 0.717) is 17.2 Å². The van der Waals surface area contributed by atoms with Crippen molar-refractivity contribution in [1.82, 2.24) is 14.5 Å². The first-order valence-corrected chi connectivity index (χ1v) is 8.33. The van der Waals surface area contributed by atoms with Crippen LogP contribution in [0.3, 0.4) is 0 Å². The third-order valence-electron chi connectivity index (χ3n) is 5.18. The third kappa shape index (κ3) is 2.19. The average molecular weight is 354 g/mol. The first kappa shape index (κ1) is 16.2. The topological polar surface area (TPSA) is 89.6 Å². The number of aromatic nitrogens is 3. The molecular formula is C16H20ClN3O4. The van der Waals surface area contributed by atoms with E-state index in [1.165, 1.54) is 6.33 Å². The average Bonchev–Trinajstić information content (AvgIpc) is 3.18. The van der Waals surface area contributed by atoms with Crippen LogP contribution in [-0.2, 0) is 9.47 Å². The van der Waals surface area contributed by atoms with Gasteiger partial charge in [-0.25, -0.2) is 9.97 Å². The van der Waals surface area contributed by atoms with Gasteiger partial charge in [0.2, 0.25) is 0 Å². The predicted molar refractivity (Wildman–Crippen MR) is 86.6 cm³/mol. The van der Waals surface area contributed by atoms with Gasteiger partial charge in [0.05, 0.1) is 30.7 Å². The molecule has 1 saturated carbocycles. The van der Waals surface area contributed by atoms with Crippen molar-refractivity contribution in [2.24, 2.45) is 5.41 Å². The van der Waals surface area contributed by atoms with E-state index in [-0.39, 0.29) is 31.5 Å². The maximum Gasteiger partial charge on any atom is 0.163 e. The van der Waals surface area contributed by atoms with E-state index >= 15 is 0 Å². The van der Waals surface area contributed by atoms with Crippen molar-refractivity contribution in [2.75, 3.05) is 13.2 Å². The van der Waals surface area contributed by atoms with E-state index in [2.05, 4.69) is 9.97 Å². The Morgan fingerprint density at radius 1 is 1.29 bits per heavy atom. The monoisotopic (exact) mass is 353 g/mol. The molecule has 2 aromatic rings. The smallest absolute Gasteiger partial charge is 0.163 e. The summed E-state index contributed by atoms with van der Waals surface area (Å²) in [4.78, 5) is 8.35. The van der Waals surface area contributed by atoms with Crippen LogP contribution in [0.5, 0.6) is 0 Å². The zero-order valence-electron chi connectivity index (χ0n) is 13.5. The van der Waals surface area contributed by atoms with E-state index in [1.54, 1.807) is 0 Å². The SMILES string of the molecule is CC1(C)O[C@H]2[C@H](n3ccc4c(Cl)ncnc43)CC(CO)(CO)[C@H]2O1. The molecule has 1 aliphatic carbocycles. The van der Waals surface area contributed by atoms with Gasteiger partial charge in [-0.1, -0.05) is 11.6 Å². The number of ether oxygens (including phenoxy) is 2. The van der Waals surface area contributed by atoms with Crippen molar-refractivity contribution < 1.29 is 19.7 Å². The molecule has 1 saturated heterocycles. The summed E-state index contributed by atoms with van der Waals surface area (Å²) in [7, 11) is 0. The summed E-state index contributed by atoms with van der Waals surface area (Å²) in [5, 5.41) is 21.1. The number of aliphatic hydroxyl groups is 2. The summed E-state index contributed by atoms with van der Waals surface area (Å²) in [6, 6.07) is 1.74. The molecule has 24 heavy (non-hydrogen) atoms. The Balaban J connectivity index is 1.81. The lowest BCUT2D eigenvalue weighted by Gasteiger charge is -2.31. The summed E-state index contributed by atoms with van der Waals surface area (Å²) < 4.78 is 14.1. The number of fused-ring (bicyclic) bond motifs is 2. The maximum absolute atomic E-state index is 9.95. The molecule has 0 radical (unpaired) electrons. The molecule has 0 spiro atoms. The van der Waals surface area contributed by atoms with Gasteiger partial charge in [0.15, 0.2) is 5.79 Å². The molecule has 3 atom stereocenters. The summed E-state index contributed by atoms with van der Waals surface area (Å²) in [6.45, 7) is 3.34. The second-order valence-corrected chi connectivity index (χ2v) is 7.45. The molecule has 0 amide bonds. The van der Waals surface area contributed by atoms with Gasteiger partial charge in [0.25, 0.3) is 0 Å². The van der Waals surface area contributed by atoms with E-state index in [1.807, 2.05) is 30.7 Å². The Morgan fingerprint density at radius 2 is 2.04 bits per heavy atom. The van der Waals surface area contributed by atoms with Gasteiger partial charge < -0.3 is 24.3 Å². The second-order valence-electron chi connectivity index (χ2n) is 7.10. The molecule has 0 aromatic carbocycles. The van der Waals surface area contributed by atoms with Crippen LogP contribution in [0.1, 0.15) is 26.3 Å². The van der Waals surface area contributed by atoms with Crippen molar-refractivity contribution in [3.63, 3.8) is 0 Å². The maximum atomic E-state index is 9.95. The van der Waals surface area contributed by atoms with Crippen molar-refractivity contribution >= 4 is 22.6 Å². The Bertz CT molecular complexity index is 774. The highest BCUT2D eigenvalue weighted by molar-refractivity contribution is 6.33. The number of aliphatic hydroxyl groups excluding tert-OH is 2. The molecule has 2 fully saturated rings. The number of hydrogen-bond acceptors (Lipinski definition) is 6. The quantitative estimate of drug-likeness (QED) is 0.813. The Kier molecular flexibility index (Phi) is 3.63. The molecule has 0 bridgehead atoms. The van der Waals surface area contributed by atoms with Crippen molar-refractivity contribution in [3.05, 3.63) is 23.7 Å². The number of hydrogen-bond donors (Lipinski definition) is 2. The fraction of sp³-hybridized carbons (Fsp3) is 0.625. The van der Waals surface area contributed by atoms with Gasteiger partial charge in [0, 0.05) is 11.6 Å². The molecular weight excluding hydrogens is 334 g/mol. The zero-order chi connectivity index (χ0) is 17.1. The lowest BCUT2D eigenvalue weighted by Crippen LogP contribution is -2.41. The van der Waals surface area contributed by atoms with Gasteiger partial charge in [0.1, 0.15) is 23.2 Å². The van der Waals surface area contributed by atoms with Gasteiger partial charge in [-0.05, 0) is 26.3 Å². The lowest BCUT2D eigenvalue weighted by molar-refractivity contribution is -0.176. The molecule has 1 aliphatic heterocycles. The molecule has 130 valence electrons. The van der Waals surface area contributed by atoms with Gasteiger partial charge in [-0.15, -0.1) is 0 Å². The van der Waals surface area contributed by atoms with Crippen LogP contribution in [-0.4, -0.2) is 56.0 Å². The van der Waals surface area contributed by atoms with Crippen LogP contribution in [0, 0.1) is 5.41 Å². The molecule has 7 nitrogen and oxygen atoms in total. The third-order valence-corrected chi connectivity index (χ3v) is 5.48. The molecule has 2 aliphatic rings. The zero-order valence-corrected chi connectivity index (χ0v) is 14.3. The first-order chi connectivity index (χ1) is 11.4. The fourth-order valence-electron chi connectivity index (χ4n) is 4.02. The molecule has 2 N–H and O–H groups in total. The summed E-state index contributed by atoms with van der Waals surface area (Å²) in [5.74, 6) is -0.765. The van der Waals surface area contributed by atoms with Crippen LogP contribution in [0.2, 0.25) is 5.15 Å². The van der Waals surface area contributed by atoms with Crippen molar-refractivity contribution in [1.29, 1.82) is 0 Å². The van der Waals surface area contributed by atoms with Crippen LogP contribution in [0.25, 0.3) is 11.0 Å². The standard InChI is InChI=1S/C16H20ClN3O4/c1-15(2)23-11-10(5-16(6-21,7-22)12(11)24-15)20-4-3-9-13(17)18-8-19-14(9)20/h3-4,8,10-12,21-22H,5-7H2,1-2H3/t10-,11+,12+/m1/s1. The number of nitrogens with zero attached hydrogens (tertiary/aromatic N) is 3. The van der Waals surface area contributed by atoms with E-state index in [9.17, 15) is 10.2 Å². The highest BCUT2D eigenvalue weighted by Crippen LogP contribution is 2.53. The highest BCUT2D eigenvalue weighted by atomic mass is 35.5. The van der Waals surface area contributed by atoms with Crippen molar-refractivity contribution in [2.45, 2.75) is 44.3 Å². The van der Waals surface area contributed by atoms with Crippen LogP contribution in [0.15, 0.2) is 18.6 Å². The molecule has 4 rings (SSSR count). The molecule has 3 heterocycles. The lowest BCUT2D eigenvalue weighted by atomic mass is 9.85. The molecule has 8 heteroatoms. The largest absolute Gasteiger partial charge is 0.396 e. The molecule has 0 unspecified atom stereocenters. The number of rotatable bonds is 3. The minimum Gasteiger partial charge on any atom is -0.396 e. The van der Waals surface area contributed by atoms with E-state index in [4.69, 9.17) is 21.1 Å².